The van der Waals surface area contributed by atoms with E-state index in [1.807, 2.05) is 36.5 Å². The van der Waals surface area contributed by atoms with Crippen LogP contribution in [-0.4, -0.2) is 65.5 Å². The zero-order valence-electron chi connectivity index (χ0n) is 28.8. The van der Waals surface area contributed by atoms with Crippen molar-refractivity contribution in [1.82, 2.24) is 9.88 Å². The van der Waals surface area contributed by atoms with Gasteiger partial charge in [-0.3, -0.25) is 9.88 Å². The van der Waals surface area contributed by atoms with Gasteiger partial charge in [0.05, 0.1) is 6.61 Å². The molecule has 9 heteroatoms. The molecule has 260 valence electrons. The summed E-state index contributed by atoms with van der Waals surface area (Å²) in [4.78, 5) is 19.9. The average molecular weight is 686 g/mol. The van der Waals surface area contributed by atoms with Crippen molar-refractivity contribution in [3.63, 3.8) is 0 Å². The first kappa shape index (κ1) is 32.7. The molecule has 3 aliphatic carbocycles. The van der Waals surface area contributed by atoms with Gasteiger partial charge in [0.1, 0.15) is 23.5 Å². The molecule has 1 spiro atoms. The molecule has 1 saturated heterocycles. The van der Waals surface area contributed by atoms with Crippen molar-refractivity contribution in [2.45, 2.75) is 101 Å². The molecular formula is C40H48ClN3O5. The van der Waals surface area contributed by atoms with Crippen molar-refractivity contribution in [3.05, 3.63) is 76.1 Å². The van der Waals surface area contributed by atoms with Gasteiger partial charge in [-0.15, -0.1) is 0 Å². The number of nitrogens with one attached hydrogen (secondary N) is 1. The highest BCUT2D eigenvalue weighted by molar-refractivity contribution is 6.30. The van der Waals surface area contributed by atoms with Crippen LogP contribution in [0.1, 0.15) is 87.1 Å². The van der Waals surface area contributed by atoms with Gasteiger partial charge in [-0.05, 0) is 136 Å². The number of pyridine rings is 1. The maximum Gasteiger partial charge on any atom is 0.329 e. The maximum atomic E-state index is 13.0. The van der Waals surface area contributed by atoms with E-state index in [0.29, 0.717) is 42.2 Å². The van der Waals surface area contributed by atoms with Crippen LogP contribution in [0.5, 0.6) is 17.2 Å². The topological polar surface area (TPSA) is 93.2 Å². The molecule has 8 rings (SSSR count). The minimum absolute atomic E-state index is 0.0235. The standard InChI is InChI=1S/C40H48ClN3O5/c1-24(23-47-32-10-15-42-31-9-4-6-25(2)37(31)32)16-27-17-26-18-33-34(49-36-22-44(3)21-35(36)48-33)20-30(26)39(27)11-13-40(14-12-39,38(45)46)43-29-8-5-7-28(41)19-29/h5,7-8,10,15,18-20,24-25,27,35-36,43H,4,6,9,11-14,16-17,21-23H2,1-3H3,(H,45,46)/t24-,25-,27+,35-,36+,39?,40?/m1/s1. The lowest BCUT2D eigenvalue weighted by atomic mass is 9.59. The summed E-state index contributed by atoms with van der Waals surface area (Å²) in [6.45, 7) is 6.94. The van der Waals surface area contributed by atoms with Gasteiger partial charge < -0.3 is 24.6 Å². The summed E-state index contributed by atoms with van der Waals surface area (Å²) in [5.74, 6) is 2.97. The Bertz CT molecular complexity index is 1740. The van der Waals surface area contributed by atoms with E-state index in [2.05, 4.69) is 48.2 Å². The van der Waals surface area contributed by atoms with E-state index in [4.69, 9.17) is 25.8 Å². The Balaban J connectivity index is 1.07. The first-order valence-corrected chi connectivity index (χ1v) is 18.6. The van der Waals surface area contributed by atoms with Gasteiger partial charge in [0, 0.05) is 41.3 Å². The zero-order valence-corrected chi connectivity index (χ0v) is 29.6. The zero-order chi connectivity index (χ0) is 33.9. The van der Waals surface area contributed by atoms with Crippen LogP contribution in [0.15, 0.2) is 48.7 Å². The van der Waals surface area contributed by atoms with E-state index in [0.717, 1.165) is 68.1 Å². The number of halogens is 1. The number of nitrogens with zero attached hydrogens (tertiary/aromatic N) is 2. The number of hydrogen-bond donors (Lipinski definition) is 2. The minimum atomic E-state index is -1.06. The lowest BCUT2D eigenvalue weighted by molar-refractivity contribution is -0.144. The fraction of sp³-hybridized carbons (Fsp3) is 0.550. The lowest BCUT2D eigenvalue weighted by Gasteiger charge is -2.47. The Labute approximate surface area is 294 Å². The van der Waals surface area contributed by atoms with Gasteiger partial charge in [0.2, 0.25) is 0 Å². The van der Waals surface area contributed by atoms with Crippen molar-refractivity contribution in [1.29, 1.82) is 0 Å². The first-order chi connectivity index (χ1) is 23.6. The number of carboxylic acids is 1. The predicted octanol–water partition coefficient (Wildman–Crippen LogP) is 7.65. The van der Waals surface area contributed by atoms with E-state index in [1.165, 1.54) is 35.2 Å². The van der Waals surface area contributed by atoms with Crippen molar-refractivity contribution in [2.75, 3.05) is 32.1 Å². The summed E-state index contributed by atoms with van der Waals surface area (Å²) >= 11 is 6.29. The molecule has 5 atom stereocenters. The van der Waals surface area contributed by atoms with Crippen molar-refractivity contribution in [3.8, 4) is 17.2 Å². The van der Waals surface area contributed by atoms with Crippen LogP contribution in [0, 0.1) is 11.8 Å². The molecule has 2 aromatic carbocycles. The summed E-state index contributed by atoms with van der Waals surface area (Å²) in [6.07, 6.45) is 9.83. The van der Waals surface area contributed by atoms with E-state index in [1.54, 1.807) is 0 Å². The molecule has 2 N–H and O–H groups in total. The Hall–Kier alpha value is -3.49. The molecule has 0 amide bonds. The van der Waals surface area contributed by atoms with Gasteiger partial charge in [-0.25, -0.2) is 4.79 Å². The van der Waals surface area contributed by atoms with Crippen LogP contribution in [0.3, 0.4) is 0 Å². The second-order valence-electron chi connectivity index (χ2n) is 15.7. The molecule has 2 fully saturated rings. The van der Waals surface area contributed by atoms with Gasteiger partial charge in [-0.1, -0.05) is 31.5 Å². The molecule has 8 nitrogen and oxygen atoms in total. The van der Waals surface area contributed by atoms with Gasteiger partial charge in [-0.2, -0.15) is 0 Å². The number of aryl methyl sites for hydroxylation is 1. The molecule has 49 heavy (non-hydrogen) atoms. The molecule has 0 unspecified atom stereocenters. The monoisotopic (exact) mass is 685 g/mol. The predicted molar refractivity (Wildman–Crippen MR) is 190 cm³/mol. The van der Waals surface area contributed by atoms with E-state index < -0.39 is 11.5 Å². The molecule has 5 aliphatic rings. The number of fused-ring (bicyclic) bond motifs is 5. The minimum Gasteiger partial charge on any atom is -0.493 e. The highest BCUT2D eigenvalue weighted by Crippen LogP contribution is 2.58. The first-order valence-electron chi connectivity index (χ1n) is 18.2. The molecular weight excluding hydrogens is 638 g/mol. The van der Waals surface area contributed by atoms with Gasteiger partial charge >= 0.3 is 5.97 Å². The van der Waals surface area contributed by atoms with Crippen LogP contribution in [0.25, 0.3) is 0 Å². The summed E-state index contributed by atoms with van der Waals surface area (Å²) in [6, 6.07) is 13.9. The summed E-state index contributed by atoms with van der Waals surface area (Å²) < 4.78 is 19.7. The maximum absolute atomic E-state index is 13.0. The van der Waals surface area contributed by atoms with Gasteiger partial charge in [0.15, 0.2) is 11.5 Å². The number of benzene rings is 2. The summed E-state index contributed by atoms with van der Waals surface area (Å²) in [5.41, 5.74) is 4.62. The summed E-state index contributed by atoms with van der Waals surface area (Å²) in [7, 11) is 2.11. The van der Waals surface area contributed by atoms with E-state index in [9.17, 15) is 9.90 Å². The number of rotatable bonds is 8. The Kier molecular flexibility index (Phi) is 8.46. The van der Waals surface area contributed by atoms with E-state index in [-0.39, 0.29) is 17.6 Å². The second-order valence-corrected chi connectivity index (χ2v) is 16.1. The Morgan fingerprint density at radius 1 is 1.12 bits per heavy atom. The highest BCUT2D eigenvalue weighted by Gasteiger charge is 2.55. The SMILES string of the molecule is C[C@@H](COc1ccnc2c1[C@H](C)CCC2)C[C@H]1Cc2cc3c(cc2C12CCC(Nc1cccc(Cl)c1)(C(=O)O)CC2)O[C@H]1CN(C)C[C@H]1O3. The molecule has 0 bridgehead atoms. The molecule has 1 saturated carbocycles. The van der Waals surface area contributed by atoms with Crippen LogP contribution < -0.4 is 19.5 Å². The number of anilines is 1. The number of carboxylic acid groups (broad SMARTS) is 1. The third-order valence-electron chi connectivity index (χ3n) is 12.3. The highest BCUT2D eigenvalue weighted by atomic mass is 35.5. The smallest absolute Gasteiger partial charge is 0.329 e. The second kappa shape index (κ2) is 12.7. The van der Waals surface area contributed by atoms with Gasteiger partial charge in [0.25, 0.3) is 0 Å². The number of aromatic nitrogens is 1. The molecule has 3 heterocycles. The third kappa shape index (κ3) is 5.93. The van der Waals surface area contributed by atoms with E-state index >= 15 is 0 Å². The van der Waals surface area contributed by atoms with Crippen molar-refractivity contribution in [2.24, 2.45) is 11.8 Å². The summed E-state index contributed by atoms with van der Waals surface area (Å²) in [5, 5.41) is 14.6. The number of ether oxygens (including phenoxy) is 3. The number of likely N-dealkylation sites (tertiary alicyclic amines) is 1. The van der Waals surface area contributed by atoms with Crippen LogP contribution in [-0.2, 0) is 23.1 Å². The lowest BCUT2D eigenvalue weighted by Crippen LogP contribution is -2.53. The van der Waals surface area contributed by atoms with Crippen LogP contribution in [0.4, 0.5) is 5.69 Å². The quantitative estimate of drug-likeness (QED) is 0.250. The normalized spacial score (nSPS) is 30.7. The fourth-order valence-electron chi connectivity index (χ4n) is 9.77. The molecule has 1 aromatic heterocycles. The van der Waals surface area contributed by atoms with Crippen LogP contribution >= 0.6 is 11.6 Å². The molecule has 2 aliphatic heterocycles. The average Bonchev–Trinajstić information content (AvgIpc) is 3.57. The molecule has 0 radical (unpaired) electrons. The number of carbonyl (C=O) groups is 1. The number of likely N-dealkylation sites (N-methyl/N-ethyl adjacent to an activating group) is 1. The molecule has 3 aromatic rings. The largest absolute Gasteiger partial charge is 0.493 e. The van der Waals surface area contributed by atoms with Crippen molar-refractivity contribution < 1.29 is 24.1 Å². The fourth-order valence-corrected chi connectivity index (χ4v) is 9.97. The van der Waals surface area contributed by atoms with Crippen LogP contribution in [0.2, 0.25) is 5.02 Å². The Morgan fingerprint density at radius 2 is 1.88 bits per heavy atom. The third-order valence-corrected chi connectivity index (χ3v) is 12.5. The number of aliphatic carboxylic acids is 1. The number of hydrogen-bond acceptors (Lipinski definition) is 7. The Morgan fingerprint density at radius 3 is 2.61 bits per heavy atom. The van der Waals surface area contributed by atoms with Crippen molar-refractivity contribution >= 4 is 23.3 Å².